The summed E-state index contributed by atoms with van der Waals surface area (Å²) in [5.41, 5.74) is 7.03. The Labute approximate surface area is 96.2 Å². The number of carbonyl (C=O) groups excluding carboxylic acids is 1. The molecule has 1 atom stereocenters. The topological polar surface area (TPSA) is 64.2 Å². The van der Waals surface area contributed by atoms with Crippen LogP contribution >= 0.6 is 0 Å². The maximum Gasteiger partial charge on any atom is 0.257 e. The van der Waals surface area contributed by atoms with E-state index in [0.29, 0.717) is 12.1 Å². The van der Waals surface area contributed by atoms with E-state index >= 15 is 0 Å². The van der Waals surface area contributed by atoms with Gasteiger partial charge in [-0.25, -0.2) is 0 Å². The lowest BCUT2D eigenvalue weighted by atomic mass is 10.1. The molecule has 0 aliphatic carbocycles. The third-order valence-corrected chi connectivity index (χ3v) is 3.03. The maximum absolute atomic E-state index is 12.1. The van der Waals surface area contributed by atoms with Crippen LogP contribution < -0.4 is 5.73 Å². The standard InChI is InChI=1S/C11H20N4O/c1-8(5-6-12)14(3)11(16)10-7-13-15(4)9(10)2/h7-8H,5-6,12H2,1-4H3. The number of nitrogens with zero attached hydrogens (tertiary/aromatic N) is 3. The van der Waals surface area contributed by atoms with Crippen molar-refractivity contribution in [3.63, 3.8) is 0 Å². The molecule has 1 rings (SSSR count). The molecule has 90 valence electrons. The van der Waals surface area contributed by atoms with Gasteiger partial charge in [0.2, 0.25) is 0 Å². The molecule has 0 saturated carbocycles. The summed E-state index contributed by atoms with van der Waals surface area (Å²) in [7, 11) is 3.63. The van der Waals surface area contributed by atoms with Crippen molar-refractivity contribution in [2.45, 2.75) is 26.3 Å². The lowest BCUT2D eigenvalue weighted by molar-refractivity contribution is 0.0738. The summed E-state index contributed by atoms with van der Waals surface area (Å²) in [6.07, 6.45) is 2.42. The van der Waals surface area contributed by atoms with E-state index in [1.54, 1.807) is 22.8 Å². The van der Waals surface area contributed by atoms with Crippen LogP contribution in [0.1, 0.15) is 29.4 Å². The van der Waals surface area contributed by atoms with E-state index in [2.05, 4.69) is 5.10 Å². The second kappa shape index (κ2) is 5.12. The van der Waals surface area contributed by atoms with E-state index in [4.69, 9.17) is 5.73 Å². The third-order valence-electron chi connectivity index (χ3n) is 3.03. The summed E-state index contributed by atoms with van der Waals surface area (Å²) in [4.78, 5) is 13.8. The predicted molar refractivity (Wildman–Crippen MR) is 63.2 cm³/mol. The molecule has 5 heteroatoms. The monoisotopic (exact) mass is 224 g/mol. The first kappa shape index (κ1) is 12.7. The van der Waals surface area contributed by atoms with Crippen molar-refractivity contribution < 1.29 is 4.79 Å². The molecule has 1 unspecified atom stereocenters. The van der Waals surface area contributed by atoms with E-state index in [1.165, 1.54) is 0 Å². The molecule has 0 radical (unpaired) electrons. The Kier molecular flexibility index (Phi) is 4.06. The van der Waals surface area contributed by atoms with Crippen LogP contribution in [0.3, 0.4) is 0 Å². The van der Waals surface area contributed by atoms with Gasteiger partial charge in [-0.3, -0.25) is 9.48 Å². The zero-order valence-corrected chi connectivity index (χ0v) is 10.4. The minimum absolute atomic E-state index is 0.00606. The van der Waals surface area contributed by atoms with Crippen LogP contribution in [0, 0.1) is 6.92 Å². The van der Waals surface area contributed by atoms with Crippen molar-refractivity contribution in [2.24, 2.45) is 12.8 Å². The molecular formula is C11H20N4O. The molecule has 0 bridgehead atoms. The third kappa shape index (κ3) is 2.41. The molecule has 2 N–H and O–H groups in total. The molecule has 1 aromatic heterocycles. The Hall–Kier alpha value is -1.36. The van der Waals surface area contributed by atoms with E-state index in [-0.39, 0.29) is 11.9 Å². The Bertz CT molecular complexity index is 372. The largest absolute Gasteiger partial charge is 0.339 e. The number of aryl methyl sites for hydroxylation is 1. The van der Waals surface area contributed by atoms with Crippen LogP contribution in [-0.2, 0) is 7.05 Å². The Morgan fingerprint density at radius 3 is 2.75 bits per heavy atom. The van der Waals surface area contributed by atoms with Crippen LogP contribution in [0.2, 0.25) is 0 Å². The summed E-state index contributed by atoms with van der Waals surface area (Å²) in [6, 6.07) is 0.150. The molecule has 1 heterocycles. The van der Waals surface area contributed by atoms with Crippen molar-refractivity contribution in [3.8, 4) is 0 Å². The summed E-state index contributed by atoms with van der Waals surface area (Å²) < 4.78 is 1.70. The van der Waals surface area contributed by atoms with E-state index in [9.17, 15) is 4.79 Å². The normalized spacial score (nSPS) is 12.6. The van der Waals surface area contributed by atoms with Gasteiger partial charge < -0.3 is 10.6 Å². The second-order valence-corrected chi connectivity index (χ2v) is 4.11. The van der Waals surface area contributed by atoms with Crippen LogP contribution in [-0.4, -0.2) is 40.2 Å². The fraction of sp³-hybridized carbons (Fsp3) is 0.636. The van der Waals surface area contributed by atoms with Gasteiger partial charge in [-0.1, -0.05) is 0 Å². The zero-order valence-electron chi connectivity index (χ0n) is 10.4. The molecule has 0 aliphatic rings. The van der Waals surface area contributed by atoms with Gasteiger partial charge in [-0.05, 0) is 26.8 Å². The molecule has 0 spiro atoms. The van der Waals surface area contributed by atoms with Crippen LogP contribution in [0.25, 0.3) is 0 Å². The number of aromatic nitrogens is 2. The Morgan fingerprint density at radius 1 is 1.69 bits per heavy atom. The molecule has 16 heavy (non-hydrogen) atoms. The second-order valence-electron chi connectivity index (χ2n) is 4.11. The van der Waals surface area contributed by atoms with Gasteiger partial charge in [0.05, 0.1) is 11.8 Å². The SMILES string of the molecule is Cc1c(C(=O)N(C)C(C)CCN)cnn1C. The molecule has 5 nitrogen and oxygen atoms in total. The predicted octanol–water partition coefficient (Wildman–Crippen LogP) is 0.538. The van der Waals surface area contributed by atoms with Crippen molar-refractivity contribution >= 4 is 5.91 Å². The van der Waals surface area contributed by atoms with Crippen molar-refractivity contribution in [2.75, 3.05) is 13.6 Å². The highest BCUT2D eigenvalue weighted by Gasteiger charge is 2.20. The molecule has 1 aromatic rings. The number of carbonyl (C=O) groups is 1. The van der Waals surface area contributed by atoms with Crippen molar-refractivity contribution in [1.82, 2.24) is 14.7 Å². The minimum atomic E-state index is 0.00606. The lowest BCUT2D eigenvalue weighted by Gasteiger charge is -2.24. The number of amides is 1. The number of hydrogen-bond acceptors (Lipinski definition) is 3. The molecule has 0 aromatic carbocycles. The summed E-state index contributed by atoms with van der Waals surface area (Å²) >= 11 is 0. The molecule has 0 aliphatic heterocycles. The van der Waals surface area contributed by atoms with Gasteiger partial charge in [0.25, 0.3) is 5.91 Å². The molecule has 0 saturated heterocycles. The molecular weight excluding hydrogens is 204 g/mol. The van der Waals surface area contributed by atoms with Crippen LogP contribution in [0.4, 0.5) is 0 Å². The number of rotatable bonds is 4. The van der Waals surface area contributed by atoms with Crippen LogP contribution in [0.15, 0.2) is 6.20 Å². The Balaban J connectivity index is 2.82. The minimum Gasteiger partial charge on any atom is -0.339 e. The number of nitrogens with two attached hydrogens (primary N) is 1. The summed E-state index contributed by atoms with van der Waals surface area (Å²) in [6.45, 7) is 4.48. The first-order valence-electron chi connectivity index (χ1n) is 5.44. The van der Waals surface area contributed by atoms with E-state index < -0.39 is 0 Å². The van der Waals surface area contributed by atoms with Gasteiger partial charge in [-0.2, -0.15) is 5.10 Å². The highest BCUT2D eigenvalue weighted by Crippen LogP contribution is 2.11. The fourth-order valence-electron chi connectivity index (χ4n) is 1.53. The van der Waals surface area contributed by atoms with Gasteiger partial charge in [-0.15, -0.1) is 0 Å². The van der Waals surface area contributed by atoms with Crippen LogP contribution in [0.5, 0.6) is 0 Å². The van der Waals surface area contributed by atoms with Gasteiger partial charge >= 0.3 is 0 Å². The van der Waals surface area contributed by atoms with E-state index in [1.807, 2.05) is 20.9 Å². The van der Waals surface area contributed by atoms with E-state index in [0.717, 1.165) is 12.1 Å². The van der Waals surface area contributed by atoms with Gasteiger partial charge in [0.15, 0.2) is 0 Å². The van der Waals surface area contributed by atoms with Gasteiger partial charge in [0.1, 0.15) is 0 Å². The highest BCUT2D eigenvalue weighted by atomic mass is 16.2. The highest BCUT2D eigenvalue weighted by molar-refractivity contribution is 5.95. The van der Waals surface area contributed by atoms with Crippen molar-refractivity contribution in [1.29, 1.82) is 0 Å². The fourth-order valence-corrected chi connectivity index (χ4v) is 1.53. The zero-order chi connectivity index (χ0) is 12.3. The quantitative estimate of drug-likeness (QED) is 0.811. The smallest absolute Gasteiger partial charge is 0.257 e. The summed E-state index contributed by atoms with van der Waals surface area (Å²) in [5, 5.41) is 4.07. The maximum atomic E-state index is 12.1. The summed E-state index contributed by atoms with van der Waals surface area (Å²) in [5.74, 6) is 0.00606. The average Bonchev–Trinajstić information content (AvgIpc) is 2.58. The molecule has 1 amide bonds. The first-order chi connectivity index (χ1) is 7.49. The molecule has 0 fully saturated rings. The lowest BCUT2D eigenvalue weighted by Crippen LogP contribution is -2.36. The Morgan fingerprint density at radius 2 is 2.31 bits per heavy atom. The average molecular weight is 224 g/mol. The van der Waals surface area contributed by atoms with Crippen molar-refractivity contribution in [3.05, 3.63) is 17.5 Å². The number of hydrogen-bond donors (Lipinski definition) is 1. The van der Waals surface area contributed by atoms with Gasteiger partial charge in [0, 0.05) is 25.8 Å². The first-order valence-corrected chi connectivity index (χ1v) is 5.44.